The fourth-order valence-electron chi connectivity index (χ4n) is 2.53. The number of imidazole rings is 1. The Morgan fingerprint density at radius 1 is 1.48 bits per heavy atom. The topological polar surface area (TPSA) is 78.3 Å². The molecule has 1 aromatic heterocycles. The molecule has 1 amide bonds. The molecular weight excluding hydrogens is 270 g/mol. The van der Waals surface area contributed by atoms with E-state index < -0.39 is 6.10 Å². The van der Waals surface area contributed by atoms with E-state index >= 15 is 0 Å². The minimum Gasteiger partial charge on any atom is -0.391 e. The molecule has 1 unspecified atom stereocenters. The molecule has 0 radical (unpaired) electrons. The molecule has 2 aromatic rings. The molecule has 0 aliphatic heterocycles. The van der Waals surface area contributed by atoms with E-state index in [0.29, 0.717) is 18.0 Å². The number of carbonyl (C=O) groups excluding carboxylic acids is 1. The molecule has 3 rings (SSSR count). The number of para-hydroxylation sites is 2. The number of aliphatic hydroxyl groups excluding tert-OH is 1. The van der Waals surface area contributed by atoms with Gasteiger partial charge in [-0.1, -0.05) is 12.1 Å². The normalized spacial score (nSPS) is 16.1. The average molecular weight is 289 g/mol. The summed E-state index contributed by atoms with van der Waals surface area (Å²) in [7, 11) is 1.66. The maximum Gasteiger partial charge on any atom is 0.326 e. The molecule has 0 spiro atoms. The number of rotatable bonds is 5. The third-order valence-electron chi connectivity index (χ3n) is 4.03. The molecule has 2 N–H and O–H groups in total. The highest BCUT2D eigenvalue weighted by molar-refractivity contribution is 5.80. The summed E-state index contributed by atoms with van der Waals surface area (Å²) in [6.45, 7) is 0.303. The van der Waals surface area contributed by atoms with Gasteiger partial charge in [-0.15, -0.1) is 0 Å². The van der Waals surface area contributed by atoms with Crippen LogP contribution in [0.25, 0.3) is 11.0 Å². The Kier molecular flexibility index (Phi) is 3.55. The summed E-state index contributed by atoms with van der Waals surface area (Å²) in [5.74, 6) is 0.151. The third-order valence-corrected chi connectivity index (χ3v) is 4.03. The van der Waals surface area contributed by atoms with E-state index in [0.717, 1.165) is 18.4 Å². The lowest BCUT2D eigenvalue weighted by molar-refractivity contribution is -0.131. The molecular formula is C15H19N3O3. The van der Waals surface area contributed by atoms with E-state index in [-0.39, 0.29) is 18.1 Å². The van der Waals surface area contributed by atoms with Crippen LogP contribution in [-0.2, 0) is 11.3 Å². The number of hydrogen-bond donors (Lipinski definition) is 2. The predicted molar refractivity (Wildman–Crippen MR) is 78.9 cm³/mol. The van der Waals surface area contributed by atoms with Gasteiger partial charge < -0.3 is 15.0 Å². The highest BCUT2D eigenvalue weighted by Crippen LogP contribution is 2.32. The number of aromatic amines is 1. The summed E-state index contributed by atoms with van der Waals surface area (Å²) in [4.78, 5) is 28.4. The number of aromatic nitrogens is 2. The van der Waals surface area contributed by atoms with Gasteiger partial charge in [0.25, 0.3) is 0 Å². The summed E-state index contributed by atoms with van der Waals surface area (Å²) >= 11 is 0. The Balaban J connectivity index is 1.73. The van der Waals surface area contributed by atoms with Crippen LogP contribution in [0.2, 0.25) is 0 Å². The van der Waals surface area contributed by atoms with Crippen molar-refractivity contribution in [1.29, 1.82) is 0 Å². The summed E-state index contributed by atoms with van der Waals surface area (Å²) < 4.78 is 1.43. The highest BCUT2D eigenvalue weighted by atomic mass is 16.3. The van der Waals surface area contributed by atoms with Crippen molar-refractivity contribution in [2.45, 2.75) is 25.5 Å². The zero-order valence-corrected chi connectivity index (χ0v) is 12.0. The van der Waals surface area contributed by atoms with E-state index in [2.05, 4.69) is 4.98 Å². The average Bonchev–Trinajstić information content (AvgIpc) is 3.25. The van der Waals surface area contributed by atoms with Gasteiger partial charge in [-0.2, -0.15) is 0 Å². The Bertz CT molecular complexity index is 714. The number of carbonyl (C=O) groups is 1. The van der Waals surface area contributed by atoms with Crippen molar-refractivity contribution in [2.24, 2.45) is 5.92 Å². The maximum atomic E-state index is 12.2. The number of benzene rings is 1. The second-order valence-electron chi connectivity index (χ2n) is 5.71. The first-order valence-corrected chi connectivity index (χ1v) is 7.16. The molecule has 112 valence electrons. The van der Waals surface area contributed by atoms with Crippen molar-refractivity contribution in [1.82, 2.24) is 14.5 Å². The molecule has 1 heterocycles. The van der Waals surface area contributed by atoms with Gasteiger partial charge in [0.05, 0.1) is 17.1 Å². The number of H-pyrrole nitrogens is 1. The highest BCUT2D eigenvalue weighted by Gasteiger charge is 2.31. The van der Waals surface area contributed by atoms with Crippen LogP contribution >= 0.6 is 0 Å². The number of hydrogen-bond acceptors (Lipinski definition) is 3. The van der Waals surface area contributed by atoms with Crippen LogP contribution < -0.4 is 5.69 Å². The van der Waals surface area contributed by atoms with Gasteiger partial charge in [0, 0.05) is 13.6 Å². The summed E-state index contributed by atoms with van der Waals surface area (Å²) in [5, 5.41) is 9.89. The monoisotopic (exact) mass is 289 g/mol. The van der Waals surface area contributed by atoms with Crippen LogP contribution in [0.5, 0.6) is 0 Å². The van der Waals surface area contributed by atoms with Gasteiger partial charge in [-0.25, -0.2) is 4.79 Å². The third kappa shape index (κ3) is 2.85. The maximum absolute atomic E-state index is 12.2. The molecule has 1 aliphatic carbocycles. The Hall–Kier alpha value is -2.08. The Morgan fingerprint density at radius 3 is 2.90 bits per heavy atom. The molecule has 1 aliphatic rings. The first kappa shape index (κ1) is 13.9. The van der Waals surface area contributed by atoms with Gasteiger partial charge >= 0.3 is 5.69 Å². The number of amides is 1. The number of nitrogens with one attached hydrogen (secondary N) is 1. The molecule has 21 heavy (non-hydrogen) atoms. The van der Waals surface area contributed by atoms with Gasteiger partial charge in [-0.3, -0.25) is 9.36 Å². The van der Waals surface area contributed by atoms with Crippen molar-refractivity contribution < 1.29 is 9.90 Å². The van der Waals surface area contributed by atoms with Crippen LogP contribution in [-0.4, -0.2) is 45.2 Å². The van der Waals surface area contributed by atoms with Crippen LogP contribution in [0, 0.1) is 5.92 Å². The number of likely N-dealkylation sites (N-methyl/N-ethyl adjacent to an activating group) is 1. The quantitative estimate of drug-likeness (QED) is 0.844. The Labute approximate surface area is 122 Å². The molecule has 1 aromatic carbocycles. The first-order valence-electron chi connectivity index (χ1n) is 7.16. The van der Waals surface area contributed by atoms with E-state index in [1.54, 1.807) is 19.2 Å². The molecule has 1 fully saturated rings. The number of aliphatic hydroxyl groups is 1. The van der Waals surface area contributed by atoms with Crippen LogP contribution in [0.1, 0.15) is 12.8 Å². The summed E-state index contributed by atoms with van der Waals surface area (Å²) in [6, 6.07) is 7.28. The second-order valence-corrected chi connectivity index (χ2v) is 5.71. The number of fused-ring (bicyclic) bond motifs is 1. The van der Waals surface area contributed by atoms with Crippen LogP contribution in [0.4, 0.5) is 0 Å². The molecule has 1 saturated carbocycles. The predicted octanol–water partition coefficient (Wildman–Crippen LogP) is 0.559. The Morgan fingerprint density at radius 2 is 2.19 bits per heavy atom. The van der Waals surface area contributed by atoms with E-state index in [4.69, 9.17) is 0 Å². The van der Waals surface area contributed by atoms with Crippen molar-refractivity contribution in [2.75, 3.05) is 13.6 Å². The zero-order chi connectivity index (χ0) is 15.0. The zero-order valence-electron chi connectivity index (χ0n) is 12.0. The first-order chi connectivity index (χ1) is 10.1. The van der Waals surface area contributed by atoms with Gasteiger partial charge in [0.2, 0.25) is 5.91 Å². The van der Waals surface area contributed by atoms with Crippen LogP contribution in [0.15, 0.2) is 29.1 Å². The fourth-order valence-corrected chi connectivity index (χ4v) is 2.53. The summed E-state index contributed by atoms with van der Waals surface area (Å²) in [5.41, 5.74) is 1.14. The van der Waals surface area contributed by atoms with E-state index in [9.17, 15) is 14.7 Å². The van der Waals surface area contributed by atoms with Crippen molar-refractivity contribution in [3.8, 4) is 0 Å². The van der Waals surface area contributed by atoms with Crippen molar-refractivity contribution >= 4 is 16.9 Å². The van der Waals surface area contributed by atoms with Crippen molar-refractivity contribution in [3.05, 3.63) is 34.7 Å². The summed E-state index contributed by atoms with van der Waals surface area (Å²) in [6.07, 6.45) is 1.61. The van der Waals surface area contributed by atoms with Gasteiger partial charge in [0.1, 0.15) is 6.54 Å². The molecule has 6 heteroatoms. The van der Waals surface area contributed by atoms with Gasteiger partial charge in [0.15, 0.2) is 0 Å². The van der Waals surface area contributed by atoms with Crippen molar-refractivity contribution in [3.63, 3.8) is 0 Å². The molecule has 0 saturated heterocycles. The SMILES string of the molecule is CN(CC(O)C1CC1)C(=O)Cn1c(=O)[nH]c2ccccc21. The minimum absolute atomic E-state index is 0.0171. The standard InChI is InChI=1S/C15H19N3O3/c1-17(8-13(19)10-6-7-10)14(20)9-18-12-5-3-2-4-11(12)16-15(18)21/h2-5,10,13,19H,6-9H2,1H3,(H,16,21). The largest absolute Gasteiger partial charge is 0.391 e. The van der Waals surface area contributed by atoms with Gasteiger partial charge in [-0.05, 0) is 30.9 Å². The lowest BCUT2D eigenvalue weighted by Gasteiger charge is -2.20. The van der Waals surface area contributed by atoms with Crippen LogP contribution in [0.3, 0.4) is 0 Å². The molecule has 1 atom stereocenters. The lowest BCUT2D eigenvalue weighted by Crippen LogP contribution is -2.38. The lowest BCUT2D eigenvalue weighted by atomic mass is 10.2. The number of nitrogens with zero attached hydrogens (tertiary/aromatic N) is 2. The molecule has 0 bridgehead atoms. The molecule has 6 nitrogen and oxygen atoms in total. The van der Waals surface area contributed by atoms with E-state index in [1.165, 1.54) is 9.47 Å². The minimum atomic E-state index is -0.460. The van der Waals surface area contributed by atoms with E-state index in [1.807, 2.05) is 12.1 Å². The fraction of sp³-hybridized carbons (Fsp3) is 0.467. The smallest absolute Gasteiger partial charge is 0.326 e. The second kappa shape index (κ2) is 5.37.